The van der Waals surface area contributed by atoms with Crippen LogP contribution in [0.15, 0.2) is 18.2 Å². The molecule has 0 spiro atoms. The van der Waals surface area contributed by atoms with Crippen LogP contribution in [0.3, 0.4) is 0 Å². The molecule has 24 heavy (non-hydrogen) atoms. The number of hydrogen-bond donors (Lipinski definition) is 2. The minimum absolute atomic E-state index is 0.174. The summed E-state index contributed by atoms with van der Waals surface area (Å²) in [5, 5.41) is 6.43. The van der Waals surface area contributed by atoms with Crippen LogP contribution in [0.25, 0.3) is 0 Å². The van der Waals surface area contributed by atoms with E-state index in [-0.39, 0.29) is 5.54 Å². The lowest BCUT2D eigenvalue weighted by Crippen LogP contribution is -2.61. The molecule has 0 aromatic heterocycles. The van der Waals surface area contributed by atoms with Crippen molar-refractivity contribution in [3.8, 4) is 0 Å². The molecule has 0 unspecified atom stereocenters. The number of benzene rings is 1. The second-order valence-corrected chi connectivity index (χ2v) is 8.57. The van der Waals surface area contributed by atoms with Gasteiger partial charge in [0.25, 0.3) is 0 Å². The van der Waals surface area contributed by atoms with E-state index >= 15 is 0 Å². The van der Waals surface area contributed by atoms with Gasteiger partial charge in [-0.25, -0.2) is 0 Å². The maximum Gasteiger partial charge on any atom is 0.313 e. The number of carbonyl (C=O) groups is 2. The predicted molar refractivity (Wildman–Crippen MR) is 94.1 cm³/mol. The third kappa shape index (κ3) is 3.02. The van der Waals surface area contributed by atoms with Crippen molar-refractivity contribution in [2.45, 2.75) is 44.1 Å². The topological polar surface area (TPSA) is 58.2 Å². The van der Waals surface area contributed by atoms with Crippen LogP contribution in [-0.4, -0.2) is 17.4 Å². The molecule has 4 aliphatic rings. The van der Waals surface area contributed by atoms with Gasteiger partial charge in [-0.3, -0.25) is 9.59 Å². The first-order valence-electron chi connectivity index (χ1n) is 8.51. The lowest BCUT2D eigenvalue weighted by Gasteiger charge is -2.56. The van der Waals surface area contributed by atoms with Crippen molar-refractivity contribution in [3.05, 3.63) is 28.2 Å². The fourth-order valence-corrected chi connectivity index (χ4v) is 5.79. The molecule has 2 amide bonds. The van der Waals surface area contributed by atoms with E-state index in [0.29, 0.717) is 33.5 Å². The Bertz CT molecular complexity index is 669. The Morgan fingerprint density at radius 2 is 1.54 bits per heavy atom. The molecule has 4 nitrogen and oxygen atoms in total. The summed E-state index contributed by atoms with van der Waals surface area (Å²) in [6.45, 7) is 0. The highest BCUT2D eigenvalue weighted by Gasteiger charge is 2.51. The Labute approximate surface area is 151 Å². The first-order valence-corrected chi connectivity index (χ1v) is 9.27. The fourth-order valence-electron chi connectivity index (χ4n) is 5.33. The number of anilines is 1. The van der Waals surface area contributed by atoms with Crippen molar-refractivity contribution in [3.63, 3.8) is 0 Å². The fraction of sp³-hybridized carbons (Fsp3) is 0.556. The molecule has 4 bridgehead atoms. The van der Waals surface area contributed by atoms with Crippen molar-refractivity contribution in [2.75, 3.05) is 5.32 Å². The summed E-state index contributed by atoms with van der Waals surface area (Å²) in [5.41, 5.74) is 0.221. The molecule has 5 rings (SSSR count). The van der Waals surface area contributed by atoms with Gasteiger partial charge in [-0.2, -0.15) is 0 Å². The van der Waals surface area contributed by atoms with Crippen LogP contribution in [0.2, 0.25) is 10.0 Å². The Balaban J connectivity index is 1.43. The molecule has 128 valence electrons. The summed E-state index contributed by atoms with van der Waals surface area (Å²) in [5.74, 6) is 0.902. The highest BCUT2D eigenvalue weighted by atomic mass is 35.5. The average molecular weight is 367 g/mol. The summed E-state index contributed by atoms with van der Waals surface area (Å²) in [4.78, 5) is 24.7. The molecule has 0 aliphatic heterocycles. The number of rotatable bonds is 2. The standard InChI is InChI=1S/C18H20Cl2N2O2/c19-13-1-2-15(14(20)6-13)21-16(23)17(24)22-18-7-10-3-11(8-18)5-12(4-10)9-18/h1-2,6,10-12H,3-5,7-9H2,(H,21,23)(H,22,24). The first kappa shape index (κ1) is 16.2. The van der Waals surface area contributed by atoms with E-state index in [4.69, 9.17) is 23.2 Å². The highest BCUT2D eigenvalue weighted by molar-refractivity contribution is 6.42. The van der Waals surface area contributed by atoms with Gasteiger partial charge in [0.1, 0.15) is 0 Å². The van der Waals surface area contributed by atoms with Crippen molar-refractivity contribution < 1.29 is 9.59 Å². The molecule has 0 radical (unpaired) electrons. The molecule has 4 aliphatic carbocycles. The number of carbonyl (C=O) groups excluding carboxylic acids is 2. The van der Waals surface area contributed by atoms with Crippen LogP contribution in [0.5, 0.6) is 0 Å². The molecule has 1 aromatic carbocycles. The number of nitrogens with one attached hydrogen (secondary N) is 2. The maximum atomic E-state index is 12.4. The normalized spacial score (nSPS) is 33.3. The van der Waals surface area contributed by atoms with Crippen molar-refractivity contribution in [1.29, 1.82) is 0 Å². The van der Waals surface area contributed by atoms with Gasteiger partial charge < -0.3 is 10.6 Å². The molecule has 4 fully saturated rings. The number of amides is 2. The van der Waals surface area contributed by atoms with E-state index in [9.17, 15) is 9.59 Å². The lowest BCUT2D eigenvalue weighted by molar-refractivity contribution is -0.139. The van der Waals surface area contributed by atoms with Gasteiger partial charge in [-0.15, -0.1) is 0 Å². The average Bonchev–Trinajstić information content (AvgIpc) is 2.48. The van der Waals surface area contributed by atoms with Crippen molar-refractivity contribution in [1.82, 2.24) is 5.32 Å². The van der Waals surface area contributed by atoms with Crippen molar-refractivity contribution in [2.24, 2.45) is 17.8 Å². The number of hydrogen-bond acceptors (Lipinski definition) is 2. The lowest BCUT2D eigenvalue weighted by atomic mass is 9.53. The van der Waals surface area contributed by atoms with Gasteiger partial charge in [0.15, 0.2) is 0 Å². The van der Waals surface area contributed by atoms with Crippen molar-refractivity contribution >= 4 is 40.7 Å². The van der Waals surface area contributed by atoms with E-state index < -0.39 is 11.8 Å². The van der Waals surface area contributed by atoms with Gasteiger partial charge in [0.2, 0.25) is 0 Å². The van der Waals surface area contributed by atoms with E-state index in [0.717, 1.165) is 19.3 Å². The summed E-state index contributed by atoms with van der Waals surface area (Å²) < 4.78 is 0. The van der Waals surface area contributed by atoms with Crippen LogP contribution in [0.4, 0.5) is 5.69 Å². The van der Waals surface area contributed by atoms with Crippen LogP contribution in [0, 0.1) is 17.8 Å². The van der Waals surface area contributed by atoms with Crippen LogP contribution in [0.1, 0.15) is 38.5 Å². The van der Waals surface area contributed by atoms with Crippen LogP contribution >= 0.6 is 23.2 Å². The molecular weight excluding hydrogens is 347 g/mol. The molecule has 4 saturated carbocycles. The molecular formula is C18H20Cl2N2O2. The molecule has 0 saturated heterocycles. The van der Waals surface area contributed by atoms with E-state index in [2.05, 4.69) is 10.6 Å². The minimum atomic E-state index is -0.671. The third-order valence-corrected chi connectivity index (χ3v) is 6.35. The molecule has 1 aromatic rings. The monoisotopic (exact) mass is 366 g/mol. The van der Waals surface area contributed by atoms with E-state index in [1.54, 1.807) is 12.1 Å². The molecule has 0 heterocycles. The maximum absolute atomic E-state index is 12.4. The van der Waals surface area contributed by atoms with E-state index in [1.165, 1.54) is 25.3 Å². The zero-order valence-corrected chi connectivity index (χ0v) is 14.8. The second-order valence-electron chi connectivity index (χ2n) is 7.73. The van der Waals surface area contributed by atoms with Crippen LogP contribution in [-0.2, 0) is 9.59 Å². The van der Waals surface area contributed by atoms with Gasteiger partial charge >= 0.3 is 11.8 Å². The minimum Gasteiger partial charge on any atom is -0.342 e. The third-order valence-electron chi connectivity index (χ3n) is 5.80. The van der Waals surface area contributed by atoms with Gasteiger partial charge in [-0.1, -0.05) is 23.2 Å². The van der Waals surface area contributed by atoms with Gasteiger partial charge in [-0.05, 0) is 74.5 Å². The zero-order valence-electron chi connectivity index (χ0n) is 13.3. The summed E-state index contributed by atoms with van der Waals surface area (Å²) >= 11 is 11.9. The second kappa shape index (κ2) is 5.92. The predicted octanol–water partition coefficient (Wildman–Crippen LogP) is 4.02. The SMILES string of the molecule is O=C(Nc1ccc(Cl)cc1Cl)C(=O)NC12CC3CC(CC(C3)C1)C2. The Morgan fingerprint density at radius 1 is 0.958 bits per heavy atom. The highest BCUT2D eigenvalue weighted by Crippen LogP contribution is 2.55. The summed E-state index contributed by atoms with van der Waals surface area (Å²) in [6.07, 6.45) is 6.92. The van der Waals surface area contributed by atoms with E-state index in [1.807, 2.05) is 0 Å². The summed E-state index contributed by atoms with van der Waals surface area (Å²) in [6, 6.07) is 4.76. The molecule has 0 atom stereocenters. The number of halogens is 2. The Hall–Kier alpha value is -1.26. The van der Waals surface area contributed by atoms with Crippen LogP contribution < -0.4 is 10.6 Å². The Morgan fingerprint density at radius 3 is 2.08 bits per heavy atom. The van der Waals surface area contributed by atoms with Gasteiger partial charge in [0, 0.05) is 10.6 Å². The smallest absolute Gasteiger partial charge is 0.313 e. The molecule has 2 N–H and O–H groups in total. The van der Waals surface area contributed by atoms with Gasteiger partial charge in [0.05, 0.1) is 10.7 Å². The Kier molecular flexibility index (Phi) is 4.00. The summed E-state index contributed by atoms with van der Waals surface area (Å²) in [7, 11) is 0. The quantitative estimate of drug-likeness (QED) is 0.776. The molecule has 6 heteroatoms. The largest absolute Gasteiger partial charge is 0.342 e. The zero-order chi connectivity index (χ0) is 16.9. The first-order chi connectivity index (χ1) is 11.4.